The second-order valence-corrected chi connectivity index (χ2v) is 8.55. The molecule has 1 aliphatic rings. The van der Waals surface area contributed by atoms with Gasteiger partial charge >= 0.3 is 0 Å². The van der Waals surface area contributed by atoms with Gasteiger partial charge in [0.25, 0.3) is 5.91 Å². The van der Waals surface area contributed by atoms with Gasteiger partial charge in [0.15, 0.2) is 0 Å². The largest absolute Gasteiger partial charge is 0.338 e. The number of likely N-dealkylation sites (tertiary alicyclic amines) is 1. The Morgan fingerprint density at radius 3 is 2.62 bits per heavy atom. The summed E-state index contributed by atoms with van der Waals surface area (Å²) in [5.74, 6) is 0.903. The van der Waals surface area contributed by atoms with Crippen LogP contribution in [0, 0.1) is 5.41 Å². The minimum absolute atomic E-state index is 0. The van der Waals surface area contributed by atoms with E-state index in [1.165, 1.54) is 0 Å². The number of benzene rings is 1. The van der Waals surface area contributed by atoms with Crippen molar-refractivity contribution in [3.63, 3.8) is 0 Å². The maximum Gasteiger partial charge on any atom is 0.253 e. The Labute approximate surface area is 187 Å². The highest BCUT2D eigenvalue weighted by atomic mass is 35.5. The van der Waals surface area contributed by atoms with Crippen molar-refractivity contribution < 1.29 is 4.79 Å². The van der Waals surface area contributed by atoms with Crippen LogP contribution in [0.25, 0.3) is 5.65 Å². The summed E-state index contributed by atoms with van der Waals surface area (Å²) in [6, 6.07) is 13.9. The van der Waals surface area contributed by atoms with Crippen molar-refractivity contribution in [2.45, 2.75) is 24.0 Å². The fourth-order valence-corrected chi connectivity index (χ4v) is 4.24. The highest BCUT2D eigenvalue weighted by Gasteiger charge is 2.35. The average molecular weight is 453 g/mol. The van der Waals surface area contributed by atoms with Crippen molar-refractivity contribution in [2.75, 3.05) is 19.6 Å². The van der Waals surface area contributed by atoms with Gasteiger partial charge in [-0.1, -0.05) is 13.0 Å². The smallest absolute Gasteiger partial charge is 0.253 e. The molecule has 1 saturated heterocycles. The lowest BCUT2D eigenvalue weighted by atomic mass is 9.90. The summed E-state index contributed by atoms with van der Waals surface area (Å²) in [6.45, 7) is 4.30. The molecular formula is C21H26Cl2N4OS. The average Bonchev–Trinajstić information content (AvgIpc) is 3.30. The lowest BCUT2D eigenvalue weighted by Crippen LogP contribution is -2.34. The molecule has 5 nitrogen and oxygen atoms in total. The highest BCUT2D eigenvalue weighted by Crippen LogP contribution is 2.30. The molecule has 8 heteroatoms. The number of carbonyl (C=O) groups is 1. The van der Waals surface area contributed by atoms with Crippen LogP contribution in [-0.4, -0.2) is 39.8 Å². The number of imidazole rings is 1. The number of nitrogens with two attached hydrogens (primary N) is 1. The Morgan fingerprint density at radius 2 is 1.97 bits per heavy atom. The number of rotatable bonds is 5. The first-order valence-corrected chi connectivity index (χ1v) is 10.2. The monoisotopic (exact) mass is 452 g/mol. The Hall–Kier alpha value is -1.73. The van der Waals surface area contributed by atoms with E-state index in [2.05, 4.69) is 18.1 Å². The molecule has 1 aliphatic heterocycles. The number of nitrogens with zero attached hydrogens (tertiary/aromatic N) is 3. The van der Waals surface area contributed by atoms with Crippen molar-refractivity contribution >= 4 is 48.1 Å². The molecule has 0 aliphatic carbocycles. The number of carbonyl (C=O) groups excluding carboxylic acids is 1. The first-order valence-electron chi connectivity index (χ1n) is 9.21. The molecule has 2 aromatic heterocycles. The fourth-order valence-electron chi connectivity index (χ4n) is 3.45. The summed E-state index contributed by atoms with van der Waals surface area (Å²) in [5, 5.41) is 0. The second-order valence-electron chi connectivity index (χ2n) is 7.50. The van der Waals surface area contributed by atoms with Gasteiger partial charge in [0.05, 0.1) is 5.69 Å². The number of fused-ring (bicyclic) bond motifs is 1. The molecule has 1 fully saturated rings. The molecular weight excluding hydrogens is 427 g/mol. The summed E-state index contributed by atoms with van der Waals surface area (Å²) in [6.07, 6.45) is 5.04. The van der Waals surface area contributed by atoms with Crippen LogP contribution in [0.5, 0.6) is 0 Å². The van der Waals surface area contributed by atoms with E-state index >= 15 is 0 Å². The molecule has 0 radical (unpaired) electrons. The third kappa shape index (κ3) is 5.25. The minimum Gasteiger partial charge on any atom is -0.338 e. The SMILES string of the molecule is CC1(CN)CCN(C(=O)c2ccc(SCc3cn4ccccc4n3)cc2)C1.Cl.Cl. The molecule has 156 valence electrons. The predicted molar refractivity (Wildman–Crippen MR) is 123 cm³/mol. The third-order valence-electron chi connectivity index (χ3n) is 5.24. The maximum absolute atomic E-state index is 12.7. The van der Waals surface area contributed by atoms with E-state index in [1.807, 2.05) is 58.0 Å². The number of amides is 1. The summed E-state index contributed by atoms with van der Waals surface area (Å²) in [4.78, 5) is 20.4. The molecule has 1 atom stereocenters. The molecule has 1 amide bonds. The zero-order valence-electron chi connectivity index (χ0n) is 16.3. The molecule has 3 aromatic rings. The van der Waals surface area contributed by atoms with Gasteiger partial charge in [-0.15, -0.1) is 36.6 Å². The molecule has 3 heterocycles. The number of aromatic nitrogens is 2. The predicted octanol–water partition coefficient (Wildman–Crippen LogP) is 4.28. The van der Waals surface area contributed by atoms with Crippen LogP contribution in [0.3, 0.4) is 0 Å². The van der Waals surface area contributed by atoms with Crippen molar-refractivity contribution in [2.24, 2.45) is 11.1 Å². The number of halogens is 2. The normalized spacial score (nSPS) is 18.3. The molecule has 2 N–H and O–H groups in total. The van der Waals surface area contributed by atoms with Crippen LogP contribution in [-0.2, 0) is 5.75 Å². The Kier molecular flexibility index (Phi) is 8.00. The fraction of sp³-hybridized carbons (Fsp3) is 0.333. The van der Waals surface area contributed by atoms with Gasteiger partial charge in [-0.3, -0.25) is 4.79 Å². The Bertz CT molecular complexity index is 930. The Balaban J connectivity index is 0.00000150. The van der Waals surface area contributed by atoms with Gasteiger partial charge in [-0.05, 0) is 54.8 Å². The minimum atomic E-state index is 0. The molecule has 29 heavy (non-hydrogen) atoms. The quantitative estimate of drug-likeness (QED) is 0.586. The summed E-state index contributed by atoms with van der Waals surface area (Å²) in [7, 11) is 0. The van der Waals surface area contributed by atoms with Crippen molar-refractivity contribution in [3.8, 4) is 0 Å². The molecule has 0 spiro atoms. The van der Waals surface area contributed by atoms with E-state index < -0.39 is 0 Å². The van der Waals surface area contributed by atoms with Crippen molar-refractivity contribution in [1.82, 2.24) is 14.3 Å². The van der Waals surface area contributed by atoms with Crippen LogP contribution in [0.1, 0.15) is 29.4 Å². The topological polar surface area (TPSA) is 63.6 Å². The first kappa shape index (κ1) is 23.5. The van der Waals surface area contributed by atoms with E-state index in [4.69, 9.17) is 5.73 Å². The van der Waals surface area contributed by atoms with E-state index in [-0.39, 0.29) is 36.1 Å². The van der Waals surface area contributed by atoms with Gasteiger partial charge in [-0.25, -0.2) is 4.98 Å². The van der Waals surface area contributed by atoms with E-state index in [1.54, 1.807) is 11.8 Å². The van der Waals surface area contributed by atoms with Crippen molar-refractivity contribution in [1.29, 1.82) is 0 Å². The third-order valence-corrected chi connectivity index (χ3v) is 6.29. The van der Waals surface area contributed by atoms with Gasteiger partial charge in [0.2, 0.25) is 0 Å². The second kappa shape index (κ2) is 9.85. The zero-order chi connectivity index (χ0) is 18.9. The zero-order valence-corrected chi connectivity index (χ0v) is 18.7. The van der Waals surface area contributed by atoms with Crippen LogP contribution in [0.15, 0.2) is 59.8 Å². The standard InChI is InChI=1S/C21H24N4OS.2ClH/c1-21(14-22)9-11-25(15-21)20(26)16-5-7-18(8-6-16)27-13-17-12-24-10-3-2-4-19(24)23-17;;/h2-8,10,12H,9,11,13-15,22H2,1H3;2*1H. The highest BCUT2D eigenvalue weighted by molar-refractivity contribution is 7.98. The van der Waals surface area contributed by atoms with Crippen LogP contribution in [0.4, 0.5) is 0 Å². The molecule has 1 aromatic carbocycles. The Morgan fingerprint density at radius 1 is 1.21 bits per heavy atom. The first-order chi connectivity index (χ1) is 13.1. The summed E-state index contributed by atoms with van der Waals surface area (Å²) in [5.41, 5.74) is 8.65. The van der Waals surface area contributed by atoms with Gasteiger partial charge in [-0.2, -0.15) is 0 Å². The lowest BCUT2D eigenvalue weighted by Gasteiger charge is -2.22. The van der Waals surface area contributed by atoms with Crippen molar-refractivity contribution in [3.05, 3.63) is 66.1 Å². The number of pyridine rings is 1. The number of thioether (sulfide) groups is 1. The van der Waals surface area contributed by atoms with Gasteiger partial charge in [0, 0.05) is 41.7 Å². The molecule has 0 saturated carbocycles. The van der Waals surface area contributed by atoms with Crippen LogP contribution >= 0.6 is 36.6 Å². The van der Waals surface area contributed by atoms with Gasteiger partial charge < -0.3 is 15.0 Å². The van der Waals surface area contributed by atoms with Crippen LogP contribution in [0.2, 0.25) is 0 Å². The summed E-state index contributed by atoms with van der Waals surface area (Å²) < 4.78 is 2.03. The lowest BCUT2D eigenvalue weighted by molar-refractivity contribution is 0.0777. The number of hydrogen-bond acceptors (Lipinski definition) is 4. The van der Waals surface area contributed by atoms with E-state index in [0.717, 1.165) is 47.1 Å². The van der Waals surface area contributed by atoms with E-state index in [0.29, 0.717) is 6.54 Å². The van der Waals surface area contributed by atoms with Gasteiger partial charge in [0.1, 0.15) is 5.65 Å². The molecule has 1 unspecified atom stereocenters. The summed E-state index contributed by atoms with van der Waals surface area (Å²) >= 11 is 1.73. The van der Waals surface area contributed by atoms with E-state index in [9.17, 15) is 4.79 Å². The molecule has 0 bridgehead atoms. The maximum atomic E-state index is 12.7. The number of hydrogen-bond donors (Lipinski definition) is 1. The van der Waals surface area contributed by atoms with Crippen LogP contribution < -0.4 is 5.73 Å². The molecule has 4 rings (SSSR count).